The maximum atomic E-state index is 13.5. The van der Waals surface area contributed by atoms with E-state index in [1.165, 1.54) is 18.2 Å². The van der Waals surface area contributed by atoms with Crippen molar-refractivity contribution in [1.82, 2.24) is 4.90 Å². The summed E-state index contributed by atoms with van der Waals surface area (Å²) < 4.78 is 13.5. The maximum Gasteiger partial charge on any atom is 0.255 e. The minimum Gasteiger partial charge on any atom is -0.339 e. The van der Waals surface area contributed by atoms with Crippen molar-refractivity contribution in [1.29, 1.82) is 5.26 Å². The van der Waals surface area contributed by atoms with Crippen molar-refractivity contribution >= 4 is 17.7 Å². The second kappa shape index (κ2) is 7.91. The highest BCUT2D eigenvalue weighted by Crippen LogP contribution is 2.17. The van der Waals surface area contributed by atoms with Gasteiger partial charge in [-0.1, -0.05) is 13.0 Å². The van der Waals surface area contributed by atoms with Crippen molar-refractivity contribution < 1.29 is 9.18 Å². The van der Waals surface area contributed by atoms with Crippen LogP contribution in [-0.2, 0) is 0 Å². The molecule has 0 heterocycles. The molecular formula is C15H19FN2OS. The van der Waals surface area contributed by atoms with E-state index < -0.39 is 5.82 Å². The lowest BCUT2D eigenvalue weighted by Gasteiger charge is -2.25. The molecular weight excluding hydrogens is 275 g/mol. The second-order valence-electron chi connectivity index (χ2n) is 4.52. The minimum absolute atomic E-state index is 0.0522. The van der Waals surface area contributed by atoms with Crippen LogP contribution in [0.1, 0.15) is 36.2 Å². The number of hydrogen-bond acceptors (Lipinski definition) is 3. The summed E-state index contributed by atoms with van der Waals surface area (Å²) in [6.45, 7) is 4.05. The molecule has 5 heteroatoms. The Morgan fingerprint density at radius 1 is 1.55 bits per heavy atom. The summed E-state index contributed by atoms with van der Waals surface area (Å²) >= 11 is 1.82. The Bertz CT molecular complexity index is 513. The molecule has 0 spiro atoms. The van der Waals surface area contributed by atoms with Crippen LogP contribution in [0.2, 0.25) is 0 Å². The first-order valence-electron chi connectivity index (χ1n) is 6.56. The van der Waals surface area contributed by atoms with Gasteiger partial charge in [-0.2, -0.15) is 17.0 Å². The quantitative estimate of drug-likeness (QED) is 0.756. The van der Waals surface area contributed by atoms with Crippen molar-refractivity contribution in [3.05, 3.63) is 35.1 Å². The first-order valence-corrected chi connectivity index (χ1v) is 7.71. The van der Waals surface area contributed by atoms with E-state index in [9.17, 15) is 9.18 Å². The number of nitriles is 1. The Kier molecular flexibility index (Phi) is 6.53. The first kappa shape index (κ1) is 16.5. The minimum atomic E-state index is -0.652. The van der Waals surface area contributed by atoms with Gasteiger partial charge in [0.2, 0.25) is 0 Å². The van der Waals surface area contributed by atoms with E-state index in [0.29, 0.717) is 0 Å². The Balaban J connectivity index is 2.84. The molecule has 1 unspecified atom stereocenters. The SMILES string of the molecule is CCSCCC(C)N(C)C(=O)c1cccc(F)c1C#N. The molecule has 1 amide bonds. The molecule has 0 aliphatic rings. The van der Waals surface area contributed by atoms with Gasteiger partial charge in [0, 0.05) is 13.1 Å². The molecule has 1 aromatic rings. The van der Waals surface area contributed by atoms with Crippen LogP contribution < -0.4 is 0 Å². The van der Waals surface area contributed by atoms with Crippen LogP contribution in [0, 0.1) is 17.1 Å². The zero-order valence-electron chi connectivity index (χ0n) is 12.0. The zero-order valence-corrected chi connectivity index (χ0v) is 12.8. The summed E-state index contributed by atoms with van der Waals surface area (Å²) in [5.41, 5.74) is -0.0514. The Labute approximate surface area is 123 Å². The fourth-order valence-corrected chi connectivity index (χ4v) is 2.59. The molecule has 108 valence electrons. The van der Waals surface area contributed by atoms with Gasteiger partial charge >= 0.3 is 0 Å². The second-order valence-corrected chi connectivity index (χ2v) is 5.92. The van der Waals surface area contributed by atoms with E-state index in [4.69, 9.17) is 5.26 Å². The number of thioether (sulfide) groups is 1. The highest BCUT2D eigenvalue weighted by molar-refractivity contribution is 7.99. The molecule has 0 aliphatic heterocycles. The van der Waals surface area contributed by atoms with E-state index in [1.54, 1.807) is 18.0 Å². The van der Waals surface area contributed by atoms with Gasteiger partial charge in [0.1, 0.15) is 17.4 Å². The van der Waals surface area contributed by atoms with Gasteiger partial charge in [0.05, 0.1) is 5.56 Å². The van der Waals surface area contributed by atoms with Crippen molar-refractivity contribution in [2.75, 3.05) is 18.6 Å². The van der Waals surface area contributed by atoms with E-state index in [0.717, 1.165) is 17.9 Å². The molecule has 0 saturated carbocycles. The lowest BCUT2D eigenvalue weighted by Crippen LogP contribution is -2.36. The molecule has 0 bridgehead atoms. The third-order valence-electron chi connectivity index (χ3n) is 3.22. The monoisotopic (exact) mass is 294 g/mol. The van der Waals surface area contributed by atoms with E-state index >= 15 is 0 Å². The summed E-state index contributed by atoms with van der Waals surface area (Å²) in [5.74, 6) is 1.06. The molecule has 0 aliphatic carbocycles. The fourth-order valence-electron chi connectivity index (χ4n) is 1.80. The molecule has 1 atom stereocenters. The standard InChI is InChI=1S/C15H19FN2OS/c1-4-20-9-8-11(2)18(3)15(19)12-6-5-7-14(16)13(12)10-17/h5-7,11H,4,8-9H2,1-3H3. The Morgan fingerprint density at radius 3 is 2.85 bits per heavy atom. The predicted octanol–water partition coefficient (Wildman–Crippen LogP) is 3.30. The van der Waals surface area contributed by atoms with Crippen LogP contribution in [0.25, 0.3) is 0 Å². The first-order chi connectivity index (χ1) is 9.52. The van der Waals surface area contributed by atoms with Crippen molar-refractivity contribution in [2.24, 2.45) is 0 Å². The summed E-state index contributed by atoms with van der Waals surface area (Å²) in [4.78, 5) is 13.9. The zero-order chi connectivity index (χ0) is 15.1. The molecule has 0 fully saturated rings. The van der Waals surface area contributed by atoms with Gasteiger partial charge in [0.25, 0.3) is 5.91 Å². The molecule has 0 radical (unpaired) electrons. The number of benzene rings is 1. The van der Waals surface area contributed by atoms with Gasteiger partial charge in [-0.05, 0) is 37.0 Å². The molecule has 0 N–H and O–H groups in total. The highest BCUT2D eigenvalue weighted by atomic mass is 32.2. The van der Waals surface area contributed by atoms with Crippen LogP contribution >= 0.6 is 11.8 Å². The van der Waals surface area contributed by atoms with Gasteiger partial charge in [-0.15, -0.1) is 0 Å². The lowest BCUT2D eigenvalue weighted by molar-refractivity contribution is 0.0740. The number of carbonyl (C=O) groups excluding carboxylic acids is 1. The molecule has 20 heavy (non-hydrogen) atoms. The number of amides is 1. The predicted molar refractivity (Wildman–Crippen MR) is 80.3 cm³/mol. The third kappa shape index (κ3) is 3.97. The van der Waals surface area contributed by atoms with Crippen LogP contribution in [0.15, 0.2) is 18.2 Å². The van der Waals surface area contributed by atoms with Gasteiger partial charge in [0.15, 0.2) is 0 Å². The lowest BCUT2D eigenvalue weighted by atomic mass is 10.1. The number of hydrogen-bond donors (Lipinski definition) is 0. The van der Waals surface area contributed by atoms with Gasteiger partial charge in [-0.3, -0.25) is 4.79 Å². The summed E-state index contributed by atoms with van der Waals surface area (Å²) in [7, 11) is 1.69. The van der Waals surface area contributed by atoms with E-state index in [2.05, 4.69) is 6.92 Å². The van der Waals surface area contributed by atoms with Crippen LogP contribution in [0.5, 0.6) is 0 Å². The normalized spacial score (nSPS) is 11.8. The van der Waals surface area contributed by atoms with E-state index in [1.807, 2.05) is 18.7 Å². The highest BCUT2D eigenvalue weighted by Gasteiger charge is 2.21. The van der Waals surface area contributed by atoms with Crippen molar-refractivity contribution in [3.63, 3.8) is 0 Å². The largest absolute Gasteiger partial charge is 0.339 e. The van der Waals surface area contributed by atoms with Crippen molar-refractivity contribution in [2.45, 2.75) is 26.3 Å². The topological polar surface area (TPSA) is 44.1 Å². The number of halogens is 1. The fraction of sp³-hybridized carbons (Fsp3) is 0.467. The van der Waals surface area contributed by atoms with Crippen LogP contribution in [-0.4, -0.2) is 35.4 Å². The van der Waals surface area contributed by atoms with Gasteiger partial charge < -0.3 is 4.90 Å². The average Bonchev–Trinajstić information content (AvgIpc) is 2.45. The number of nitrogens with zero attached hydrogens (tertiary/aromatic N) is 2. The van der Waals surface area contributed by atoms with Gasteiger partial charge in [-0.25, -0.2) is 4.39 Å². The summed E-state index contributed by atoms with van der Waals surface area (Å²) in [6.07, 6.45) is 0.873. The van der Waals surface area contributed by atoms with Crippen molar-refractivity contribution in [3.8, 4) is 6.07 Å². The number of carbonyl (C=O) groups is 1. The van der Waals surface area contributed by atoms with Crippen LogP contribution in [0.3, 0.4) is 0 Å². The maximum absolute atomic E-state index is 13.5. The van der Waals surface area contributed by atoms with Crippen LogP contribution in [0.4, 0.5) is 4.39 Å². The van der Waals surface area contributed by atoms with E-state index in [-0.39, 0.29) is 23.1 Å². The Hall–Kier alpha value is -1.54. The molecule has 0 saturated heterocycles. The molecule has 1 aromatic carbocycles. The molecule has 1 rings (SSSR count). The third-order valence-corrected chi connectivity index (χ3v) is 4.15. The molecule has 0 aromatic heterocycles. The number of rotatable bonds is 6. The smallest absolute Gasteiger partial charge is 0.255 e. The molecule has 3 nitrogen and oxygen atoms in total. The summed E-state index contributed by atoms with van der Waals surface area (Å²) in [6, 6.07) is 5.95. The average molecular weight is 294 g/mol. The summed E-state index contributed by atoms with van der Waals surface area (Å²) in [5, 5.41) is 8.98. The Morgan fingerprint density at radius 2 is 2.25 bits per heavy atom.